The first-order valence-corrected chi connectivity index (χ1v) is 14.9. The van der Waals surface area contributed by atoms with Crippen LogP contribution in [0.2, 0.25) is 0 Å². The van der Waals surface area contributed by atoms with Crippen molar-refractivity contribution < 1.29 is 19.7 Å². The first kappa shape index (κ1) is 38.5. The molecule has 1 heterocycles. The van der Waals surface area contributed by atoms with Gasteiger partial charge in [-0.3, -0.25) is 56.3 Å². The molecule has 0 radical (unpaired) electrons. The van der Waals surface area contributed by atoms with E-state index in [2.05, 4.69) is 26.0 Å². The van der Waals surface area contributed by atoms with Gasteiger partial charge in [0.05, 0.1) is 31.8 Å². The van der Waals surface area contributed by atoms with Crippen molar-refractivity contribution in [1.29, 1.82) is 0 Å². The van der Waals surface area contributed by atoms with E-state index >= 15 is 0 Å². The number of nitrogens with one attached hydrogen (secondary N) is 2. The lowest BCUT2D eigenvalue weighted by atomic mass is 10.2. The Morgan fingerprint density at radius 2 is 0.885 bits per heavy atom. The molecule has 0 amide bonds. The normalized spacial score (nSPS) is 10.6. The summed E-state index contributed by atoms with van der Waals surface area (Å²) in [5.41, 5.74) is 5.59. The van der Waals surface area contributed by atoms with E-state index in [0.717, 1.165) is 23.3 Å². The zero-order chi connectivity index (χ0) is 37.6. The number of anilines is 2. The molecule has 0 unspecified atom stereocenters. The second-order valence-corrected chi connectivity index (χ2v) is 9.78. The van der Waals surface area contributed by atoms with Gasteiger partial charge in [0.25, 0.3) is 11.4 Å². The lowest BCUT2D eigenvalue weighted by molar-refractivity contribution is -0.393. The van der Waals surface area contributed by atoms with Crippen LogP contribution in [0, 0.1) is 40.5 Å². The van der Waals surface area contributed by atoms with Gasteiger partial charge in [0.1, 0.15) is 11.4 Å². The van der Waals surface area contributed by atoms with Gasteiger partial charge in [-0.05, 0) is 47.5 Å². The first-order chi connectivity index (χ1) is 25.2. The molecule has 4 aromatic carbocycles. The minimum absolute atomic E-state index is 0.0740. The number of nitro groups is 4. The van der Waals surface area contributed by atoms with Crippen molar-refractivity contribution in [1.82, 2.24) is 4.98 Å². The number of hydrogen-bond donors (Lipinski definition) is 2. The highest BCUT2D eigenvalue weighted by molar-refractivity contribution is 5.80. The van der Waals surface area contributed by atoms with Crippen LogP contribution in [0.4, 0.5) is 34.1 Å². The Balaban J connectivity index is 0.000000241. The molecule has 0 aliphatic heterocycles. The van der Waals surface area contributed by atoms with Crippen molar-refractivity contribution >= 4 is 58.7 Å². The lowest BCUT2D eigenvalue weighted by Gasteiger charge is -2.01. The number of non-ortho nitro benzene ring substituents is 2. The zero-order valence-corrected chi connectivity index (χ0v) is 27.0. The van der Waals surface area contributed by atoms with Crippen LogP contribution in [-0.2, 0) is 0 Å². The highest BCUT2D eigenvalue weighted by Gasteiger charge is 2.20. The molecular formula is C35H29N9O8. The van der Waals surface area contributed by atoms with Crippen LogP contribution < -0.4 is 10.9 Å². The predicted octanol–water partition coefficient (Wildman–Crippen LogP) is 8.31. The van der Waals surface area contributed by atoms with E-state index in [9.17, 15) is 40.5 Å². The lowest BCUT2D eigenvalue weighted by Crippen LogP contribution is -1.98. The van der Waals surface area contributed by atoms with Gasteiger partial charge < -0.3 is 0 Å². The van der Waals surface area contributed by atoms with Crippen LogP contribution in [0.15, 0.2) is 150 Å². The van der Waals surface area contributed by atoms with Crippen molar-refractivity contribution in [2.75, 3.05) is 10.9 Å². The van der Waals surface area contributed by atoms with E-state index in [1.54, 1.807) is 24.5 Å². The van der Waals surface area contributed by atoms with E-state index in [4.69, 9.17) is 0 Å². The number of pyridine rings is 1. The molecule has 52 heavy (non-hydrogen) atoms. The fourth-order valence-corrected chi connectivity index (χ4v) is 3.81. The highest BCUT2D eigenvalue weighted by Crippen LogP contribution is 2.29. The molecule has 17 heteroatoms. The van der Waals surface area contributed by atoms with Gasteiger partial charge in [-0.1, -0.05) is 78.9 Å². The summed E-state index contributed by atoms with van der Waals surface area (Å²) in [6.07, 6.45) is 13.3. The molecule has 262 valence electrons. The molecular weight excluding hydrogens is 674 g/mol. The van der Waals surface area contributed by atoms with Crippen molar-refractivity contribution in [2.45, 2.75) is 0 Å². The third-order valence-corrected chi connectivity index (χ3v) is 6.21. The van der Waals surface area contributed by atoms with E-state index in [-0.39, 0.29) is 22.7 Å². The Kier molecular flexibility index (Phi) is 15.6. The number of hydrazone groups is 2. The van der Waals surface area contributed by atoms with Crippen LogP contribution in [0.5, 0.6) is 0 Å². The summed E-state index contributed by atoms with van der Waals surface area (Å²) < 4.78 is 0. The number of nitro benzene ring substituents is 4. The molecule has 5 rings (SSSR count). The molecule has 0 saturated carbocycles. The van der Waals surface area contributed by atoms with E-state index in [0.29, 0.717) is 0 Å². The first-order valence-electron chi connectivity index (χ1n) is 14.9. The molecule has 17 nitrogen and oxygen atoms in total. The number of rotatable bonds is 12. The van der Waals surface area contributed by atoms with Gasteiger partial charge in [-0.15, -0.1) is 0 Å². The molecule has 1 aromatic heterocycles. The van der Waals surface area contributed by atoms with Gasteiger partial charge in [-0.2, -0.15) is 10.2 Å². The third-order valence-electron chi connectivity index (χ3n) is 6.21. The summed E-state index contributed by atoms with van der Waals surface area (Å²) in [7, 11) is 0. The summed E-state index contributed by atoms with van der Waals surface area (Å²) in [4.78, 5) is 44.2. The quantitative estimate of drug-likeness (QED) is 0.0712. The monoisotopic (exact) mass is 703 g/mol. The molecule has 0 aliphatic rings. The smallest absolute Gasteiger partial charge is 0.272 e. The molecule has 0 saturated heterocycles. The number of aromatic nitrogens is 1. The second-order valence-electron chi connectivity index (χ2n) is 9.78. The van der Waals surface area contributed by atoms with Crippen LogP contribution in [0.1, 0.15) is 11.1 Å². The fourth-order valence-electron chi connectivity index (χ4n) is 3.81. The largest absolute Gasteiger partial charge is 0.301 e. The minimum Gasteiger partial charge on any atom is -0.272 e. The van der Waals surface area contributed by atoms with Crippen LogP contribution in [-0.4, -0.2) is 37.1 Å². The van der Waals surface area contributed by atoms with Crippen LogP contribution in [0.25, 0.3) is 12.2 Å². The van der Waals surface area contributed by atoms with E-state index < -0.39 is 31.1 Å². The molecule has 0 bridgehead atoms. The maximum absolute atomic E-state index is 10.9. The van der Waals surface area contributed by atoms with Gasteiger partial charge in [-0.25, -0.2) is 0 Å². The number of nitrogens with zero attached hydrogens (tertiary/aromatic N) is 7. The second kappa shape index (κ2) is 21.1. The number of allylic oxidation sites excluding steroid dienone is 2. The molecule has 0 spiro atoms. The maximum Gasteiger partial charge on any atom is 0.301 e. The van der Waals surface area contributed by atoms with Gasteiger partial charge in [0, 0.05) is 37.0 Å². The predicted molar refractivity (Wildman–Crippen MR) is 199 cm³/mol. The Bertz CT molecular complexity index is 1900. The Morgan fingerprint density at radius 1 is 0.500 bits per heavy atom. The van der Waals surface area contributed by atoms with Gasteiger partial charge >= 0.3 is 11.4 Å². The summed E-state index contributed by atoms with van der Waals surface area (Å²) in [6.45, 7) is 0. The van der Waals surface area contributed by atoms with Crippen molar-refractivity contribution in [2.24, 2.45) is 10.2 Å². The average molecular weight is 704 g/mol. The molecule has 0 aliphatic carbocycles. The highest BCUT2D eigenvalue weighted by atomic mass is 16.6. The van der Waals surface area contributed by atoms with E-state index in [1.807, 2.05) is 91.0 Å². The fraction of sp³-hybridized carbons (Fsp3) is 0. The van der Waals surface area contributed by atoms with Crippen molar-refractivity contribution in [3.8, 4) is 0 Å². The Labute approximate surface area is 295 Å². The average Bonchev–Trinajstić information content (AvgIpc) is 3.16. The van der Waals surface area contributed by atoms with Crippen molar-refractivity contribution in [3.05, 3.63) is 191 Å². The van der Waals surface area contributed by atoms with Crippen LogP contribution >= 0.6 is 0 Å². The molecule has 5 aromatic rings. The van der Waals surface area contributed by atoms with Gasteiger partial charge in [0.15, 0.2) is 0 Å². The third kappa shape index (κ3) is 13.6. The summed E-state index contributed by atoms with van der Waals surface area (Å²) in [5.74, 6) is 0. The van der Waals surface area contributed by atoms with Gasteiger partial charge in [0.2, 0.25) is 0 Å². The Morgan fingerprint density at radius 3 is 1.19 bits per heavy atom. The maximum atomic E-state index is 10.9. The molecule has 0 atom stereocenters. The topological polar surface area (TPSA) is 234 Å². The number of benzene rings is 4. The van der Waals surface area contributed by atoms with Crippen molar-refractivity contribution in [3.63, 3.8) is 0 Å². The minimum atomic E-state index is -0.704. The zero-order valence-electron chi connectivity index (χ0n) is 27.0. The Hall–Kier alpha value is -7.95. The SMILES string of the molecule is O=[N+]([O-])c1ccc(N/N=C/C=C/c2ccccc2)c([N+](=O)[O-])c1.O=[N+]([O-])c1ccc(N/N=C/C=C/c2ccccc2)c([N+](=O)[O-])c1.c1ccncc1. The summed E-state index contributed by atoms with van der Waals surface area (Å²) >= 11 is 0. The number of hydrogen-bond acceptors (Lipinski definition) is 13. The molecule has 0 fully saturated rings. The van der Waals surface area contributed by atoms with Crippen LogP contribution in [0.3, 0.4) is 0 Å². The summed E-state index contributed by atoms with van der Waals surface area (Å²) in [5, 5.41) is 50.9. The molecule has 2 N–H and O–H groups in total. The standard InChI is InChI=1S/2C15H12N4O4.C5H5N/c2*20-18(21)13-8-9-14(15(11-13)19(22)23)17-16-10-4-7-12-5-2-1-3-6-12;1-2-4-6-5-3-1/h2*1-11,17H;1-5H/b2*7-4+,16-10+;. The summed E-state index contributed by atoms with van der Waals surface area (Å²) in [6, 6.07) is 31.4. The van der Waals surface area contributed by atoms with E-state index in [1.165, 1.54) is 36.7 Å².